The number of hydrogen-bond acceptors (Lipinski definition) is 3. The fourth-order valence-electron chi connectivity index (χ4n) is 3.48. The van der Waals surface area contributed by atoms with Gasteiger partial charge in [0.05, 0.1) is 0 Å². The third-order valence-electron chi connectivity index (χ3n) is 4.67. The van der Waals surface area contributed by atoms with Crippen LogP contribution in [-0.4, -0.2) is 17.5 Å². The summed E-state index contributed by atoms with van der Waals surface area (Å²) in [7, 11) is 0. The highest BCUT2D eigenvalue weighted by atomic mass is 32.2. The van der Waals surface area contributed by atoms with Crippen molar-refractivity contribution in [3.63, 3.8) is 0 Å². The summed E-state index contributed by atoms with van der Waals surface area (Å²) in [6.07, 6.45) is 12.0. The zero-order valence-electron chi connectivity index (χ0n) is 11.2. The Kier molecular flexibility index (Phi) is 4.02. The average molecular weight is 281 g/mol. The summed E-state index contributed by atoms with van der Waals surface area (Å²) in [4.78, 5) is 1.63. The topological polar surface area (TPSA) is 12.0 Å². The second-order valence-corrected chi connectivity index (χ2v) is 7.99. The highest BCUT2D eigenvalue weighted by Gasteiger charge is 2.33. The van der Waals surface area contributed by atoms with Crippen LogP contribution in [0.4, 0.5) is 0 Å². The standard InChI is InChI=1S/C15H23NS2/c1-17-15(8-2-3-9-15)11-16-13-5-4-6-14-12(13)7-10-18-14/h7,10,13,16H,2-6,8-9,11H2,1H3. The molecule has 3 heteroatoms. The quantitative estimate of drug-likeness (QED) is 0.878. The molecule has 1 nitrogen and oxygen atoms in total. The fourth-order valence-corrected chi connectivity index (χ4v) is 5.39. The maximum absolute atomic E-state index is 3.88. The molecule has 1 fully saturated rings. The molecule has 100 valence electrons. The van der Waals surface area contributed by atoms with Crippen molar-refractivity contribution in [2.24, 2.45) is 0 Å². The van der Waals surface area contributed by atoms with Crippen LogP contribution in [0.1, 0.15) is 55.0 Å². The van der Waals surface area contributed by atoms with Gasteiger partial charge in [-0.25, -0.2) is 0 Å². The van der Waals surface area contributed by atoms with Gasteiger partial charge in [0.2, 0.25) is 0 Å². The molecule has 1 aromatic heterocycles. The Bertz CT molecular complexity index is 393. The average Bonchev–Trinajstić information content (AvgIpc) is 3.06. The van der Waals surface area contributed by atoms with Crippen molar-refractivity contribution in [3.8, 4) is 0 Å². The fraction of sp³-hybridized carbons (Fsp3) is 0.733. The van der Waals surface area contributed by atoms with Crippen LogP contribution in [0.15, 0.2) is 11.4 Å². The Morgan fingerprint density at radius 2 is 2.22 bits per heavy atom. The van der Waals surface area contributed by atoms with Crippen LogP contribution in [0.3, 0.4) is 0 Å². The van der Waals surface area contributed by atoms with Gasteiger partial charge >= 0.3 is 0 Å². The van der Waals surface area contributed by atoms with Crippen molar-refractivity contribution in [1.29, 1.82) is 0 Å². The van der Waals surface area contributed by atoms with Crippen molar-refractivity contribution in [3.05, 3.63) is 21.9 Å². The SMILES string of the molecule is CSC1(CNC2CCCc3sccc32)CCCC1. The molecule has 0 aromatic carbocycles. The van der Waals surface area contributed by atoms with Gasteiger partial charge < -0.3 is 5.32 Å². The molecule has 1 aromatic rings. The Balaban J connectivity index is 1.64. The van der Waals surface area contributed by atoms with E-state index in [1.165, 1.54) is 51.5 Å². The first-order chi connectivity index (χ1) is 8.83. The molecular weight excluding hydrogens is 258 g/mol. The molecule has 18 heavy (non-hydrogen) atoms. The number of rotatable bonds is 4. The molecule has 0 amide bonds. The summed E-state index contributed by atoms with van der Waals surface area (Å²) in [6, 6.07) is 2.97. The lowest BCUT2D eigenvalue weighted by Crippen LogP contribution is -2.37. The maximum Gasteiger partial charge on any atom is 0.0331 e. The molecule has 1 N–H and O–H groups in total. The summed E-state index contributed by atoms with van der Waals surface area (Å²) >= 11 is 4.04. The van der Waals surface area contributed by atoms with Crippen LogP contribution in [0, 0.1) is 0 Å². The lowest BCUT2D eigenvalue weighted by atomic mass is 9.93. The van der Waals surface area contributed by atoms with E-state index >= 15 is 0 Å². The molecule has 0 saturated heterocycles. The van der Waals surface area contributed by atoms with Crippen LogP contribution in [-0.2, 0) is 6.42 Å². The van der Waals surface area contributed by atoms with Gasteiger partial charge in [0.1, 0.15) is 0 Å². The maximum atomic E-state index is 3.88. The first kappa shape index (κ1) is 13.0. The first-order valence-corrected chi connectivity index (χ1v) is 9.28. The molecule has 1 unspecified atom stereocenters. The zero-order valence-corrected chi connectivity index (χ0v) is 12.8. The van der Waals surface area contributed by atoms with Crippen LogP contribution >= 0.6 is 23.1 Å². The molecule has 0 bridgehead atoms. The van der Waals surface area contributed by atoms with Gasteiger partial charge in [0.15, 0.2) is 0 Å². The Hall–Kier alpha value is 0.0100. The summed E-state index contributed by atoms with van der Waals surface area (Å²) in [5, 5.41) is 6.15. The predicted molar refractivity (Wildman–Crippen MR) is 82.7 cm³/mol. The third-order valence-corrected chi connectivity index (χ3v) is 7.09. The first-order valence-electron chi connectivity index (χ1n) is 7.18. The Morgan fingerprint density at radius 1 is 1.39 bits per heavy atom. The minimum Gasteiger partial charge on any atom is -0.309 e. The molecule has 0 spiro atoms. The Morgan fingerprint density at radius 3 is 3.00 bits per heavy atom. The summed E-state index contributed by atoms with van der Waals surface area (Å²) in [6.45, 7) is 1.20. The monoisotopic (exact) mass is 281 g/mol. The number of thiophene rings is 1. The summed E-state index contributed by atoms with van der Waals surface area (Å²) in [5.41, 5.74) is 1.60. The largest absolute Gasteiger partial charge is 0.309 e. The molecule has 3 rings (SSSR count). The second-order valence-electron chi connectivity index (χ2n) is 5.72. The number of thioether (sulfide) groups is 1. The molecule has 0 radical (unpaired) electrons. The predicted octanol–water partition coefficient (Wildman–Crippen LogP) is 4.39. The number of aryl methyl sites for hydroxylation is 1. The van der Waals surface area contributed by atoms with Crippen molar-refractivity contribution < 1.29 is 0 Å². The molecule has 1 saturated carbocycles. The second kappa shape index (κ2) is 5.56. The smallest absolute Gasteiger partial charge is 0.0331 e. The van der Waals surface area contributed by atoms with Crippen molar-refractivity contribution >= 4 is 23.1 Å². The minimum atomic E-state index is 0.535. The van der Waals surface area contributed by atoms with E-state index in [4.69, 9.17) is 0 Å². The van der Waals surface area contributed by atoms with E-state index in [9.17, 15) is 0 Å². The lowest BCUT2D eigenvalue weighted by molar-refractivity contribution is 0.426. The zero-order chi connectivity index (χ0) is 12.4. The highest BCUT2D eigenvalue weighted by molar-refractivity contribution is 8.00. The van der Waals surface area contributed by atoms with Crippen molar-refractivity contribution in [2.75, 3.05) is 12.8 Å². The van der Waals surface area contributed by atoms with E-state index in [0.29, 0.717) is 10.8 Å². The van der Waals surface area contributed by atoms with Crippen LogP contribution < -0.4 is 5.32 Å². The van der Waals surface area contributed by atoms with E-state index in [-0.39, 0.29) is 0 Å². The third kappa shape index (κ3) is 2.50. The van der Waals surface area contributed by atoms with Crippen LogP contribution in [0.25, 0.3) is 0 Å². The van der Waals surface area contributed by atoms with E-state index in [2.05, 4.69) is 34.8 Å². The highest BCUT2D eigenvalue weighted by Crippen LogP contribution is 2.41. The molecule has 2 aliphatic rings. The Labute approximate surface area is 119 Å². The van der Waals surface area contributed by atoms with E-state index in [0.717, 1.165) is 0 Å². The molecule has 2 aliphatic carbocycles. The summed E-state index contributed by atoms with van der Waals surface area (Å²) in [5.74, 6) is 0. The summed E-state index contributed by atoms with van der Waals surface area (Å²) < 4.78 is 0.535. The van der Waals surface area contributed by atoms with Crippen LogP contribution in [0.2, 0.25) is 0 Å². The number of hydrogen-bond donors (Lipinski definition) is 1. The van der Waals surface area contributed by atoms with Gasteiger partial charge in [-0.05, 0) is 55.4 Å². The van der Waals surface area contributed by atoms with E-state index < -0.39 is 0 Å². The van der Waals surface area contributed by atoms with Gasteiger partial charge in [-0.15, -0.1) is 11.3 Å². The van der Waals surface area contributed by atoms with E-state index in [1.807, 2.05) is 11.3 Å². The molecule has 1 heterocycles. The van der Waals surface area contributed by atoms with Gasteiger partial charge in [-0.2, -0.15) is 11.8 Å². The molecule has 1 atom stereocenters. The van der Waals surface area contributed by atoms with Crippen molar-refractivity contribution in [1.82, 2.24) is 5.32 Å². The van der Waals surface area contributed by atoms with Crippen LogP contribution in [0.5, 0.6) is 0 Å². The van der Waals surface area contributed by atoms with Gasteiger partial charge in [0.25, 0.3) is 0 Å². The normalized spacial score (nSPS) is 26.2. The number of fused-ring (bicyclic) bond motifs is 1. The van der Waals surface area contributed by atoms with Gasteiger partial charge in [0, 0.05) is 22.2 Å². The lowest BCUT2D eigenvalue weighted by Gasteiger charge is -2.31. The van der Waals surface area contributed by atoms with Gasteiger partial charge in [-0.1, -0.05) is 12.8 Å². The minimum absolute atomic E-state index is 0.535. The van der Waals surface area contributed by atoms with Crippen molar-refractivity contribution in [2.45, 2.75) is 55.7 Å². The molecular formula is C15H23NS2. The number of nitrogens with one attached hydrogen (secondary N) is 1. The van der Waals surface area contributed by atoms with E-state index in [1.54, 1.807) is 10.4 Å². The molecule has 0 aliphatic heterocycles. The van der Waals surface area contributed by atoms with Gasteiger partial charge in [-0.3, -0.25) is 0 Å².